The Kier molecular flexibility index (Phi) is 6.18. The highest BCUT2D eigenvalue weighted by Crippen LogP contribution is 2.24. The fourth-order valence-electron chi connectivity index (χ4n) is 2.65. The lowest BCUT2D eigenvalue weighted by atomic mass is 10.0. The van der Waals surface area contributed by atoms with Gasteiger partial charge in [-0.1, -0.05) is 18.6 Å². The molecule has 0 bridgehead atoms. The Hall–Kier alpha value is -0.540. The SMILES string of the molecule is C[C@H]1CCCCN1CCCCOc1ccccc1Br. The van der Waals surface area contributed by atoms with Gasteiger partial charge in [-0.2, -0.15) is 0 Å². The van der Waals surface area contributed by atoms with E-state index < -0.39 is 0 Å². The van der Waals surface area contributed by atoms with Gasteiger partial charge in [-0.25, -0.2) is 0 Å². The number of likely N-dealkylation sites (tertiary alicyclic amines) is 1. The Morgan fingerprint density at radius 1 is 1.26 bits per heavy atom. The topological polar surface area (TPSA) is 12.5 Å². The van der Waals surface area contributed by atoms with E-state index in [2.05, 4.69) is 27.8 Å². The molecule has 1 aromatic rings. The van der Waals surface area contributed by atoms with Gasteiger partial charge in [-0.3, -0.25) is 0 Å². The van der Waals surface area contributed by atoms with Crippen molar-refractivity contribution in [1.29, 1.82) is 0 Å². The smallest absolute Gasteiger partial charge is 0.133 e. The Labute approximate surface area is 125 Å². The summed E-state index contributed by atoms with van der Waals surface area (Å²) >= 11 is 3.50. The summed E-state index contributed by atoms with van der Waals surface area (Å²) in [4.78, 5) is 2.63. The van der Waals surface area contributed by atoms with E-state index in [-0.39, 0.29) is 0 Å². The molecule has 1 aliphatic heterocycles. The van der Waals surface area contributed by atoms with Gasteiger partial charge in [0.05, 0.1) is 11.1 Å². The van der Waals surface area contributed by atoms with Crippen LogP contribution in [0.2, 0.25) is 0 Å². The summed E-state index contributed by atoms with van der Waals surface area (Å²) in [6, 6.07) is 8.82. The minimum atomic E-state index is 0.776. The number of para-hydroxylation sites is 1. The zero-order chi connectivity index (χ0) is 13.5. The fourth-order valence-corrected chi connectivity index (χ4v) is 3.05. The van der Waals surface area contributed by atoms with Gasteiger partial charge < -0.3 is 9.64 Å². The first-order chi connectivity index (χ1) is 9.27. The molecule has 1 atom stereocenters. The largest absolute Gasteiger partial charge is 0.492 e. The van der Waals surface area contributed by atoms with Crippen LogP contribution in [0.15, 0.2) is 28.7 Å². The number of ether oxygens (including phenoxy) is 1. The Morgan fingerprint density at radius 3 is 2.89 bits per heavy atom. The second kappa shape index (κ2) is 7.91. The van der Waals surface area contributed by atoms with Gasteiger partial charge in [0, 0.05) is 6.04 Å². The van der Waals surface area contributed by atoms with E-state index in [1.54, 1.807) is 0 Å². The molecule has 2 nitrogen and oxygen atoms in total. The zero-order valence-corrected chi connectivity index (χ0v) is 13.4. The van der Waals surface area contributed by atoms with Crippen molar-refractivity contribution in [3.8, 4) is 5.75 Å². The molecule has 1 fully saturated rings. The Balaban J connectivity index is 1.61. The summed E-state index contributed by atoms with van der Waals surface area (Å²) < 4.78 is 6.83. The third-order valence-electron chi connectivity index (χ3n) is 3.87. The average Bonchev–Trinajstić information content (AvgIpc) is 2.42. The van der Waals surface area contributed by atoms with Crippen LogP contribution >= 0.6 is 15.9 Å². The van der Waals surface area contributed by atoms with Crippen molar-refractivity contribution in [3.05, 3.63) is 28.7 Å². The van der Waals surface area contributed by atoms with Crippen molar-refractivity contribution >= 4 is 15.9 Å². The average molecular weight is 326 g/mol. The number of halogens is 1. The first kappa shape index (κ1) is 14.9. The van der Waals surface area contributed by atoms with Gasteiger partial charge in [0.15, 0.2) is 0 Å². The van der Waals surface area contributed by atoms with Crippen LogP contribution in [0.3, 0.4) is 0 Å². The molecule has 0 saturated carbocycles. The van der Waals surface area contributed by atoms with E-state index >= 15 is 0 Å². The van der Waals surface area contributed by atoms with Crippen molar-refractivity contribution in [2.75, 3.05) is 19.7 Å². The third kappa shape index (κ3) is 4.81. The summed E-state index contributed by atoms with van der Waals surface area (Å²) in [7, 11) is 0. The second-order valence-corrected chi connectivity index (χ2v) is 6.22. The first-order valence-electron chi connectivity index (χ1n) is 7.39. The molecule has 3 heteroatoms. The van der Waals surface area contributed by atoms with Crippen molar-refractivity contribution in [1.82, 2.24) is 4.90 Å². The van der Waals surface area contributed by atoms with Crippen molar-refractivity contribution in [2.45, 2.75) is 45.1 Å². The van der Waals surface area contributed by atoms with Crippen LogP contribution in [0.1, 0.15) is 39.0 Å². The highest BCUT2D eigenvalue weighted by Gasteiger charge is 2.16. The molecule has 0 spiro atoms. The summed E-state index contributed by atoms with van der Waals surface area (Å²) in [5.41, 5.74) is 0. The number of unbranched alkanes of at least 4 members (excludes halogenated alkanes) is 1. The maximum Gasteiger partial charge on any atom is 0.133 e. The predicted molar refractivity (Wildman–Crippen MR) is 83.8 cm³/mol. The lowest BCUT2D eigenvalue weighted by molar-refractivity contribution is 0.154. The molecule has 1 heterocycles. The zero-order valence-electron chi connectivity index (χ0n) is 11.8. The molecule has 106 valence electrons. The summed E-state index contributed by atoms with van der Waals surface area (Å²) in [5, 5.41) is 0. The minimum Gasteiger partial charge on any atom is -0.492 e. The second-order valence-electron chi connectivity index (χ2n) is 5.37. The van der Waals surface area contributed by atoms with Gasteiger partial charge in [0.1, 0.15) is 5.75 Å². The van der Waals surface area contributed by atoms with E-state index in [1.165, 1.54) is 38.8 Å². The normalized spacial score (nSPS) is 20.4. The number of hydrogen-bond acceptors (Lipinski definition) is 2. The van der Waals surface area contributed by atoms with Crippen LogP contribution in [0.4, 0.5) is 0 Å². The van der Waals surface area contributed by atoms with Crippen LogP contribution in [0.5, 0.6) is 5.75 Å². The molecule has 0 aromatic heterocycles. The van der Waals surface area contributed by atoms with Gasteiger partial charge in [-0.15, -0.1) is 0 Å². The van der Waals surface area contributed by atoms with Gasteiger partial charge >= 0.3 is 0 Å². The van der Waals surface area contributed by atoms with Crippen LogP contribution in [0, 0.1) is 0 Å². The molecule has 2 rings (SSSR count). The highest BCUT2D eigenvalue weighted by atomic mass is 79.9. The van der Waals surface area contributed by atoms with Crippen LogP contribution < -0.4 is 4.74 Å². The Bertz CT molecular complexity index is 383. The van der Waals surface area contributed by atoms with Gasteiger partial charge in [-0.05, 0) is 73.8 Å². The molecule has 1 aliphatic rings. The number of rotatable bonds is 6. The highest BCUT2D eigenvalue weighted by molar-refractivity contribution is 9.10. The van der Waals surface area contributed by atoms with Crippen molar-refractivity contribution < 1.29 is 4.74 Å². The molecule has 0 unspecified atom stereocenters. The van der Waals surface area contributed by atoms with Crippen LogP contribution in [-0.2, 0) is 0 Å². The molecule has 0 amide bonds. The fraction of sp³-hybridized carbons (Fsp3) is 0.625. The van der Waals surface area contributed by atoms with Crippen LogP contribution in [0.25, 0.3) is 0 Å². The molecular weight excluding hydrogens is 302 g/mol. The van der Waals surface area contributed by atoms with Crippen molar-refractivity contribution in [3.63, 3.8) is 0 Å². The minimum absolute atomic E-state index is 0.776. The summed E-state index contributed by atoms with van der Waals surface area (Å²) in [6.45, 7) is 5.67. The monoisotopic (exact) mass is 325 g/mol. The molecule has 1 aromatic carbocycles. The van der Waals surface area contributed by atoms with E-state index in [1.807, 2.05) is 24.3 Å². The molecule has 19 heavy (non-hydrogen) atoms. The lowest BCUT2D eigenvalue weighted by Crippen LogP contribution is -2.38. The Morgan fingerprint density at radius 2 is 2.11 bits per heavy atom. The molecular formula is C16H24BrNO. The van der Waals surface area contributed by atoms with E-state index in [4.69, 9.17) is 4.74 Å². The summed E-state index contributed by atoms with van der Waals surface area (Å²) in [6.07, 6.45) is 6.51. The van der Waals surface area contributed by atoms with Gasteiger partial charge in [0.2, 0.25) is 0 Å². The van der Waals surface area contributed by atoms with E-state index in [0.29, 0.717) is 0 Å². The number of nitrogens with zero attached hydrogens (tertiary/aromatic N) is 1. The summed E-state index contributed by atoms with van der Waals surface area (Å²) in [5.74, 6) is 0.953. The molecule has 0 radical (unpaired) electrons. The van der Waals surface area contributed by atoms with Crippen molar-refractivity contribution in [2.24, 2.45) is 0 Å². The maximum atomic E-state index is 5.79. The third-order valence-corrected chi connectivity index (χ3v) is 4.53. The number of piperidine rings is 1. The molecule has 0 aliphatic carbocycles. The van der Waals surface area contributed by atoms with Crippen LogP contribution in [-0.4, -0.2) is 30.6 Å². The lowest BCUT2D eigenvalue weighted by Gasteiger charge is -2.33. The first-order valence-corrected chi connectivity index (χ1v) is 8.18. The number of benzene rings is 1. The maximum absolute atomic E-state index is 5.79. The quantitative estimate of drug-likeness (QED) is 0.715. The van der Waals surface area contributed by atoms with E-state index in [0.717, 1.165) is 29.3 Å². The standard InChI is InChI=1S/C16H24BrNO/c1-14-8-4-5-11-18(14)12-6-7-13-19-16-10-3-2-9-15(16)17/h2-3,9-10,14H,4-8,11-13H2,1H3/t14-/m0/s1. The number of hydrogen-bond donors (Lipinski definition) is 0. The molecule has 0 N–H and O–H groups in total. The van der Waals surface area contributed by atoms with Gasteiger partial charge in [0.25, 0.3) is 0 Å². The molecule has 1 saturated heterocycles. The van der Waals surface area contributed by atoms with E-state index in [9.17, 15) is 0 Å². The predicted octanol–water partition coefficient (Wildman–Crippen LogP) is 4.48.